The molecule has 0 N–H and O–H groups in total. The Kier molecular flexibility index (Phi) is 8.58. The molecule has 1 amide bonds. The number of amides is 1. The molecule has 0 radical (unpaired) electrons. The lowest BCUT2D eigenvalue weighted by molar-refractivity contribution is 0.102. The number of hydrogen-bond acceptors (Lipinski definition) is 2. The fraction of sp³-hybridized carbons (Fsp3) is 0.909. The summed E-state index contributed by atoms with van der Waals surface area (Å²) in [6.07, 6.45) is 1.86. The van der Waals surface area contributed by atoms with Crippen molar-refractivity contribution in [3.05, 3.63) is 0 Å². The van der Waals surface area contributed by atoms with Gasteiger partial charge in [-0.25, -0.2) is 4.79 Å². The van der Waals surface area contributed by atoms with E-state index in [1.54, 1.807) is 4.90 Å². The molecule has 0 atom stereocenters. The van der Waals surface area contributed by atoms with E-state index < -0.39 is 0 Å². The summed E-state index contributed by atoms with van der Waals surface area (Å²) in [7, 11) is 0. The van der Waals surface area contributed by atoms with Crippen molar-refractivity contribution in [3.63, 3.8) is 0 Å². The van der Waals surface area contributed by atoms with Crippen molar-refractivity contribution >= 4 is 17.7 Å². The highest BCUT2D eigenvalue weighted by atomic mass is 35.5. The molecule has 0 rings (SSSR count). The normalized spacial score (nSPS) is 10.5. The molecule has 0 aromatic heterocycles. The Labute approximate surface area is 97.7 Å². The number of rotatable bonds is 7. The Hall–Kier alpha value is -0.440. The van der Waals surface area contributed by atoms with E-state index in [2.05, 4.69) is 20.8 Å². The summed E-state index contributed by atoms with van der Waals surface area (Å²) in [4.78, 5) is 13.4. The lowest BCUT2D eigenvalue weighted by Crippen LogP contribution is -2.35. The van der Waals surface area contributed by atoms with Gasteiger partial charge in [0.1, 0.15) is 6.61 Å². The van der Waals surface area contributed by atoms with E-state index in [0.29, 0.717) is 18.4 Å². The quantitative estimate of drug-likeness (QED) is 0.635. The molecule has 0 aliphatic rings. The molecular weight excluding hydrogens is 214 g/mol. The van der Waals surface area contributed by atoms with Crippen LogP contribution in [-0.2, 0) is 4.74 Å². The van der Waals surface area contributed by atoms with Crippen LogP contribution in [0.4, 0.5) is 4.79 Å². The van der Waals surface area contributed by atoms with Gasteiger partial charge < -0.3 is 9.64 Å². The summed E-state index contributed by atoms with van der Waals surface area (Å²) in [5, 5.41) is 0. The van der Waals surface area contributed by atoms with Crippen LogP contribution in [0.15, 0.2) is 0 Å². The molecule has 0 unspecified atom stereocenters. The number of hydrogen-bond donors (Lipinski definition) is 0. The molecule has 0 saturated carbocycles. The van der Waals surface area contributed by atoms with Crippen LogP contribution in [0.2, 0.25) is 0 Å². The van der Waals surface area contributed by atoms with Crippen LogP contribution in [0.3, 0.4) is 0 Å². The van der Waals surface area contributed by atoms with Crippen molar-refractivity contribution in [1.29, 1.82) is 0 Å². The molecule has 90 valence electrons. The second-order valence-corrected chi connectivity index (χ2v) is 4.37. The first kappa shape index (κ1) is 14.6. The van der Waals surface area contributed by atoms with Gasteiger partial charge in [0.25, 0.3) is 0 Å². The molecule has 0 aromatic carbocycles. The number of nitrogens with zero attached hydrogens (tertiary/aromatic N) is 1. The van der Waals surface area contributed by atoms with Crippen molar-refractivity contribution < 1.29 is 9.53 Å². The maximum absolute atomic E-state index is 11.6. The summed E-state index contributed by atoms with van der Waals surface area (Å²) < 4.78 is 5.01. The van der Waals surface area contributed by atoms with Gasteiger partial charge in [-0.05, 0) is 12.3 Å². The molecule has 4 heteroatoms. The summed E-state index contributed by atoms with van der Waals surface area (Å²) >= 11 is 5.46. The van der Waals surface area contributed by atoms with Crippen LogP contribution >= 0.6 is 11.6 Å². The Morgan fingerprint density at radius 3 is 2.60 bits per heavy atom. The molecule has 3 nitrogen and oxygen atoms in total. The van der Waals surface area contributed by atoms with Gasteiger partial charge in [-0.1, -0.05) is 27.2 Å². The number of ether oxygens (including phenoxy) is 1. The fourth-order valence-corrected chi connectivity index (χ4v) is 1.34. The topological polar surface area (TPSA) is 29.5 Å². The fourth-order valence-electron chi connectivity index (χ4n) is 1.26. The minimum atomic E-state index is -0.238. The first-order chi connectivity index (χ1) is 7.11. The Balaban J connectivity index is 4.02. The van der Waals surface area contributed by atoms with Gasteiger partial charge in [0.05, 0.1) is 5.88 Å². The van der Waals surface area contributed by atoms with E-state index in [1.807, 2.05) is 0 Å². The first-order valence-corrected chi connectivity index (χ1v) is 6.12. The average Bonchev–Trinajstić information content (AvgIpc) is 2.20. The maximum atomic E-state index is 11.6. The van der Waals surface area contributed by atoms with Crippen LogP contribution in [-0.4, -0.2) is 36.6 Å². The lowest BCUT2D eigenvalue weighted by Gasteiger charge is -2.23. The van der Waals surface area contributed by atoms with Gasteiger partial charge in [-0.2, -0.15) is 0 Å². The molecule has 0 spiro atoms. The van der Waals surface area contributed by atoms with Crippen molar-refractivity contribution in [3.8, 4) is 0 Å². The van der Waals surface area contributed by atoms with Crippen LogP contribution < -0.4 is 0 Å². The number of halogens is 1. The largest absolute Gasteiger partial charge is 0.448 e. The molecule has 0 aromatic rings. The monoisotopic (exact) mass is 235 g/mol. The van der Waals surface area contributed by atoms with Gasteiger partial charge in [-0.3, -0.25) is 0 Å². The number of carbonyl (C=O) groups excluding carboxylic acids is 1. The highest BCUT2D eigenvalue weighted by Crippen LogP contribution is 2.04. The predicted molar refractivity (Wildman–Crippen MR) is 63.4 cm³/mol. The van der Waals surface area contributed by atoms with E-state index in [9.17, 15) is 4.79 Å². The molecule has 0 aliphatic heterocycles. The molecule has 15 heavy (non-hydrogen) atoms. The minimum Gasteiger partial charge on any atom is -0.448 e. The number of unbranched alkanes of at least 4 members (excludes halogenated alkanes) is 1. The van der Waals surface area contributed by atoms with Crippen LogP contribution in [0, 0.1) is 5.92 Å². The molecule has 0 bridgehead atoms. The van der Waals surface area contributed by atoms with E-state index in [1.165, 1.54) is 0 Å². The van der Waals surface area contributed by atoms with Gasteiger partial charge >= 0.3 is 6.09 Å². The highest BCUT2D eigenvalue weighted by molar-refractivity contribution is 6.18. The second-order valence-electron chi connectivity index (χ2n) is 4.00. The van der Waals surface area contributed by atoms with Crippen LogP contribution in [0.5, 0.6) is 0 Å². The minimum absolute atomic E-state index is 0.238. The molecule has 0 heterocycles. The number of carbonyl (C=O) groups is 1. The molecule has 0 fully saturated rings. The lowest BCUT2D eigenvalue weighted by atomic mass is 10.2. The third kappa shape index (κ3) is 7.48. The zero-order valence-corrected chi connectivity index (χ0v) is 10.7. The van der Waals surface area contributed by atoms with Gasteiger partial charge in [-0.15, -0.1) is 11.6 Å². The highest BCUT2D eigenvalue weighted by Gasteiger charge is 2.15. The van der Waals surface area contributed by atoms with E-state index in [4.69, 9.17) is 16.3 Å². The molecule has 0 saturated heterocycles. The van der Waals surface area contributed by atoms with Gasteiger partial charge in [0.15, 0.2) is 0 Å². The predicted octanol–water partition coefficient (Wildman–Crippen LogP) is 3.12. The standard InChI is InChI=1S/C11H22ClNO2/c1-4-5-7-13(9-10(2)3)11(14)15-8-6-12/h10H,4-9H2,1-3H3. The smallest absolute Gasteiger partial charge is 0.409 e. The Bertz CT molecular complexity index is 174. The zero-order valence-electron chi connectivity index (χ0n) is 9.96. The summed E-state index contributed by atoms with van der Waals surface area (Å²) in [5.74, 6) is 0.820. The third-order valence-corrected chi connectivity index (χ3v) is 2.08. The van der Waals surface area contributed by atoms with E-state index in [-0.39, 0.29) is 6.09 Å². The average molecular weight is 236 g/mol. The van der Waals surface area contributed by atoms with Crippen molar-refractivity contribution in [1.82, 2.24) is 4.90 Å². The molecular formula is C11H22ClNO2. The Morgan fingerprint density at radius 2 is 2.13 bits per heavy atom. The zero-order chi connectivity index (χ0) is 11.7. The van der Waals surface area contributed by atoms with Crippen molar-refractivity contribution in [2.75, 3.05) is 25.6 Å². The molecule has 0 aliphatic carbocycles. The van der Waals surface area contributed by atoms with E-state index >= 15 is 0 Å². The maximum Gasteiger partial charge on any atom is 0.409 e. The summed E-state index contributed by atoms with van der Waals surface area (Å²) in [6, 6.07) is 0. The third-order valence-electron chi connectivity index (χ3n) is 1.93. The summed E-state index contributed by atoms with van der Waals surface area (Å²) in [5.41, 5.74) is 0. The van der Waals surface area contributed by atoms with Crippen LogP contribution in [0.25, 0.3) is 0 Å². The number of alkyl halides is 1. The van der Waals surface area contributed by atoms with Crippen molar-refractivity contribution in [2.45, 2.75) is 33.6 Å². The second kappa shape index (κ2) is 8.84. The van der Waals surface area contributed by atoms with Crippen LogP contribution in [0.1, 0.15) is 33.6 Å². The first-order valence-electron chi connectivity index (χ1n) is 5.59. The Morgan fingerprint density at radius 1 is 1.47 bits per heavy atom. The summed E-state index contributed by atoms with van der Waals surface area (Å²) in [6.45, 7) is 8.11. The van der Waals surface area contributed by atoms with Gasteiger partial charge in [0.2, 0.25) is 0 Å². The SMILES string of the molecule is CCCCN(CC(C)C)C(=O)OCCCl. The van der Waals surface area contributed by atoms with Gasteiger partial charge in [0, 0.05) is 13.1 Å². The van der Waals surface area contributed by atoms with E-state index in [0.717, 1.165) is 25.9 Å². The van der Waals surface area contributed by atoms with Crippen molar-refractivity contribution in [2.24, 2.45) is 5.92 Å².